The number of rotatable bonds is 5. The number of ether oxygens (including phenoxy) is 1. The SMILES string of the molecule is COC(=O)c1ccc(C=NNC(=O)c2ccc(NC(C)=O)cc2)cc1. The highest BCUT2D eigenvalue weighted by atomic mass is 16.5. The molecule has 2 amide bonds. The van der Waals surface area contributed by atoms with E-state index >= 15 is 0 Å². The molecule has 0 saturated heterocycles. The number of amides is 2. The summed E-state index contributed by atoms with van der Waals surface area (Å²) >= 11 is 0. The summed E-state index contributed by atoms with van der Waals surface area (Å²) in [7, 11) is 1.32. The number of hydrogen-bond acceptors (Lipinski definition) is 5. The van der Waals surface area contributed by atoms with Crippen molar-refractivity contribution in [1.29, 1.82) is 0 Å². The Morgan fingerprint density at radius 1 is 0.960 bits per heavy atom. The summed E-state index contributed by atoms with van der Waals surface area (Å²) < 4.78 is 4.61. The highest BCUT2D eigenvalue weighted by Gasteiger charge is 2.05. The lowest BCUT2D eigenvalue weighted by atomic mass is 10.1. The Morgan fingerprint density at radius 2 is 1.56 bits per heavy atom. The fraction of sp³-hybridized carbons (Fsp3) is 0.111. The molecule has 0 bridgehead atoms. The van der Waals surface area contributed by atoms with Crippen LogP contribution in [0.15, 0.2) is 53.6 Å². The molecule has 2 rings (SSSR count). The third-order valence-electron chi connectivity index (χ3n) is 3.18. The van der Waals surface area contributed by atoms with Crippen LogP contribution >= 0.6 is 0 Å². The smallest absolute Gasteiger partial charge is 0.337 e. The molecule has 2 N–H and O–H groups in total. The van der Waals surface area contributed by atoms with E-state index in [2.05, 4.69) is 20.6 Å². The van der Waals surface area contributed by atoms with E-state index in [4.69, 9.17) is 0 Å². The Labute approximate surface area is 144 Å². The predicted molar refractivity (Wildman–Crippen MR) is 93.6 cm³/mol. The lowest BCUT2D eigenvalue weighted by Crippen LogP contribution is -2.17. The van der Waals surface area contributed by atoms with Gasteiger partial charge in [-0.1, -0.05) is 12.1 Å². The molecule has 2 aromatic carbocycles. The molecule has 7 nitrogen and oxygen atoms in total. The number of esters is 1. The minimum atomic E-state index is -0.417. The Hall–Kier alpha value is -3.48. The van der Waals surface area contributed by atoms with Crippen LogP contribution in [-0.4, -0.2) is 31.1 Å². The molecular formula is C18H17N3O4. The molecule has 128 valence electrons. The van der Waals surface area contributed by atoms with Crippen molar-refractivity contribution < 1.29 is 19.1 Å². The van der Waals surface area contributed by atoms with Crippen molar-refractivity contribution in [2.45, 2.75) is 6.92 Å². The van der Waals surface area contributed by atoms with Crippen molar-refractivity contribution in [2.75, 3.05) is 12.4 Å². The Bertz CT molecular complexity index is 796. The van der Waals surface area contributed by atoms with E-state index in [1.165, 1.54) is 20.2 Å². The second kappa shape index (κ2) is 8.39. The zero-order valence-electron chi connectivity index (χ0n) is 13.8. The molecule has 0 atom stereocenters. The molecule has 0 aliphatic heterocycles. The monoisotopic (exact) mass is 339 g/mol. The van der Waals surface area contributed by atoms with Gasteiger partial charge >= 0.3 is 5.97 Å². The van der Waals surface area contributed by atoms with E-state index in [9.17, 15) is 14.4 Å². The molecule has 0 saturated carbocycles. The first-order chi connectivity index (χ1) is 12.0. The maximum atomic E-state index is 12.0. The van der Waals surface area contributed by atoms with Gasteiger partial charge in [0.25, 0.3) is 5.91 Å². The number of nitrogens with one attached hydrogen (secondary N) is 2. The Kier molecular flexibility index (Phi) is 6.00. The number of hydrogen-bond donors (Lipinski definition) is 2. The number of hydrazone groups is 1. The summed E-state index contributed by atoms with van der Waals surface area (Å²) in [6.45, 7) is 1.41. The lowest BCUT2D eigenvalue weighted by Gasteiger charge is -2.03. The highest BCUT2D eigenvalue weighted by Crippen LogP contribution is 2.09. The van der Waals surface area contributed by atoms with Gasteiger partial charge < -0.3 is 10.1 Å². The fourth-order valence-corrected chi connectivity index (χ4v) is 1.96. The maximum absolute atomic E-state index is 12.0. The topological polar surface area (TPSA) is 96.9 Å². The zero-order chi connectivity index (χ0) is 18.2. The van der Waals surface area contributed by atoms with Crippen LogP contribution in [0.1, 0.15) is 33.2 Å². The average Bonchev–Trinajstić information content (AvgIpc) is 2.61. The minimum absolute atomic E-state index is 0.181. The molecule has 0 aromatic heterocycles. The van der Waals surface area contributed by atoms with Crippen LogP contribution in [0.3, 0.4) is 0 Å². The summed E-state index contributed by atoms with van der Waals surface area (Å²) in [5.41, 5.74) is 4.58. The fourth-order valence-electron chi connectivity index (χ4n) is 1.96. The summed E-state index contributed by atoms with van der Waals surface area (Å²) in [6, 6.07) is 13.0. The first kappa shape index (κ1) is 17.9. The zero-order valence-corrected chi connectivity index (χ0v) is 13.8. The van der Waals surface area contributed by atoms with Crippen molar-refractivity contribution in [1.82, 2.24) is 5.43 Å². The average molecular weight is 339 g/mol. The van der Waals surface area contributed by atoms with Gasteiger partial charge in [0.15, 0.2) is 0 Å². The van der Waals surface area contributed by atoms with Crippen molar-refractivity contribution in [3.8, 4) is 0 Å². The number of anilines is 1. The lowest BCUT2D eigenvalue weighted by molar-refractivity contribution is -0.114. The van der Waals surface area contributed by atoms with Gasteiger partial charge in [0, 0.05) is 18.2 Å². The second-order valence-corrected chi connectivity index (χ2v) is 5.07. The third-order valence-corrected chi connectivity index (χ3v) is 3.18. The van der Waals surface area contributed by atoms with Crippen LogP contribution in [0.4, 0.5) is 5.69 Å². The van der Waals surface area contributed by atoms with Gasteiger partial charge in [-0.15, -0.1) is 0 Å². The standard InChI is InChI=1S/C18H17N3O4/c1-12(22)20-16-9-7-14(8-10-16)17(23)21-19-11-13-3-5-15(6-4-13)18(24)25-2/h3-11H,1-2H3,(H,20,22)(H,21,23). The number of methoxy groups -OCH3 is 1. The molecule has 7 heteroatoms. The first-order valence-corrected chi connectivity index (χ1v) is 7.39. The van der Waals surface area contributed by atoms with Crippen LogP contribution in [0.25, 0.3) is 0 Å². The second-order valence-electron chi connectivity index (χ2n) is 5.07. The summed E-state index contributed by atoms with van der Waals surface area (Å²) in [5, 5.41) is 6.49. The van der Waals surface area contributed by atoms with E-state index in [1.807, 2.05) is 0 Å². The van der Waals surface area contributed by atoms with Gasteiger partial charge in [0.2, 0.25) is 5.91 Å². The van der Waals surface area contributed by atoms with Gasteiger partial charge in [-0.25, -0.2) is 10.2 Å². The molecule has 0 aliphatic rings. The number of benzene rings is 2. The van der Waals surface area contributed by atoms with Crippen molar-refractivity contribution in [3.05, 3.63) is 65.2 Å². The Morgan fingerprint density at radius 3 is 2.12 bits per heavy atom. The largest absolute Gasteiger partial charge is 0.465 e. The summed E-state index contributed by atoms with van der Waals surface area (Å²) in [6.07, 6.45) is 1.46. The minimum Gasteiger partial charge on any atom is -0.465 e. The van der Waals surface area contributed by atoms with E-state index in [1.54, 1.807) is 48.5 Å². The van der Waals surface area contributed by atoms with Gasteiger partial charge in [-0.2, -0.15) is 5.10 Å². The molecule has 0 spiro atoms. The van der Waals surface area contributed by atoms with Crippen LogP contribution < -0.4 is 10.7 Å². The van der Waals surface area contributed by atoms with Crippen molar-refractivity contribution in [3.63, 3.8) is 0 Å². The molecular weight excluding hydrogens is 322 g/mol. The normalized spacial score (nSPS) is 10.3. The van der Waals surface area contributed by atoms with Crippen LogP contribution in [0, 0.1) is 0 Å². The quantitative estimate of drug-likeness (QED) is 0.496. The first-order valence-electron chi connectivity index (χ1n) is 7.39. The third kappa shape index (κ3) is 5.28. The molecule has 0 aliphatic carbocycles. The molecule has 0 unspecified atom stereocenters. The molecule has 0 heterocycles. The van der Waals surface area contributed by atoms with Crippen LogP contribution in [0.2, 0.25) is 0 Å². The van der Waals surface area contributed by atoms with E-state index in [-0.39, 0.29) is 11.8 Å². The molecule has 25 heavy (non-hydrogen) atoms. The molecule has 0 radical (unpaired) electrons. The van der Waals surface area contributed by atoms with Gasteiger partial charge in [-0.3, -0.25) is 9.59 Å². The number of carbonyl (C=O) groups excluding carboxylic acids is 3. The highest BCUT2D eigenvalue weighted by molar-refractivity contribution is 5.96. The van der Waals surface area contributed by atoms with Gasteiger partial charge in [0.05, 0.1) is 18.9 Å². The number of carbonyl (C=O) groups is 3. The molecule has 2 aromatic rings. The van der Waals surface area contributed by atoms with E-state index < -0.39 is 5.97 Å². The van der Waals surface area contributed by atoms with Crippen molar-refractivity contribution in [2.24, 2.45) is 5.10 Å². The Balaban J connectivity index is 1.93. The summed E-state index contributed by atoms with van der Waals surface area (Å²) in [5.74, 6) is -0.976. The van der Waals surface area contributed by atoms with Gasteiger partial charge in [0.1, 0.15) is 0 Å². The predicted octanol–water partition coefficient (Wildman–Crippen LogP) is 2.20. The van der Waals surface area contributed by atoms with Gasteiger partial charge in [-0.05, 0) is 42.0 Å². The van der Waals surface area contributed by atoms with E-state index in [0.717, 1.165) is 0 Å². The van der Waals surface area contributed by atoms with Crippen LogP contribution in [0.5, 0.6) is 0 Å². The molecule has 0 fully saturated rings. The number of nitrogens with zero attached hydrogens (tertiary/aromatic N) is 1. The van der Waals surface area contributed by atoms with Crippen LogP contribution in [-0.2, 0) is 9.53 Å². The maximum Gasteiger partial charge on any atom is 0.337 e. The summed E-state index contributed by atoms with van der Waals surface area (Å²) in [4.78, 5) is 34.3. The van der Waals surface area contributed by atoms with E-state index in [0.29, 0.717) is 22.4 Å². The van der Waals surface area contributed by atoms with Crippen molar-refractivity contribution >= 4 is 29.7 Å².